The van der Waals surface area contributed by atoms with Crippen LogP contribution in [0.3, 0.4) is 0 Å². The van der Waals surface area contributed by atoms with Gasteiger partial charge in [0.25, 0.3) is 0 Å². The molecule has 1 aromatic carbocycles. The standard InChI is InChI=1S/C22H22F5N3O3S2/c1-29-2-3-30(12-6-20(7-12)9-21(23,24)10-20)14-4-13(22(25,26)27)15(5-16(14)35-29)33-8-17-18(19(31)32)28-11-34-17/h4-5,11-12H,2-3,6-10H2,1H3,(H,31,32). The van der Waals surface area contributed by atoms with E-state index in [1.807, 2.05) is 16.3 Å². The number of fused-ring (bicyclic) bond motifs is 1. The van der Waals surface area contributed by atoms with Crippen molar-refractivity contribution in [3.8, 4) is 5.75 Å². The van der Waals surface area contributed by atoms with Crippen molar-refractivity contribution in [2.45, 2.75) is 55.3 Å². The van der Waals surface area contributed by atoms with Crippen LogP contribution in [0.25, 0.3) is 0 Å². The van der Waals surface area contributed by atoms with Crippen LogP contribution in [0, 0.1) is 5.41 Å². The molecule has 1 aromatic heterocycles. The molecule has 0 amide bonds. The maximum absolute atomic E-state index is 14.1. The summed E-state index contributed by atoms with van der Waals surface area (Å²) in [4.78, 5) is 17.7. The summed E-state index contributed by atoms with van der Waals surface area (Å²) < 4.78 is 76.5. The number of anilines is 1. The fraction of sp³-hybridized carbons (Fsp3) is 0.545. The van der Waals surface area contributed by atoms with Crippen molar-refractivity contribution in [1.29, 1.82) is 0 Å². The summed E-state index contributed by atoms with van der Waals surface area (Å²) in [5, 5.41) is 9.20. The van der Waals surface area contributed by atoms with Crippen molar-refractivity contribution in [1.82, 2.24) is 9.29 Å². The van der Waals surface area contributed by atoms with Crippen LogP contribution < -0.4 is 9.64 Å². The smallest absolute Gasteiger partial charge is 0.420 e. The Bertz CT molecular complexity index is 1140. The van der Waals surface area contributed by atoms with Crippen molar-refractivity contribution in [2.24, 2.45) is 5.41 Å². The Morgan fingerprint density at radius 3 is 2.60 bits per heavy atom. The summed E-state index contributed by atoms with van der Waals surface area (Å²) >= 11 is 2.28. The van der Waals surface area contributed by atoms with E-state index in [9.17, 15) is 31.9 Å². The Kier molecular flexibility index (Phi) is 5.95. The fourth-order valence-electron chi connectivity index (χ4n) is 5.34. The Hall–Kier alpha value is -2.12. The summed E-state index contributed by atoms with van der Waals surface area (Å²) in [7, 11) is 1.83. The SMILES string of the molecule is CN1CCN(C2CC3(C2)CC(F)(F)C3)c2cc(C(F)(F)F)c(OCc3scnc3C(=O)O)cc2S1. The van der Waals surface area contributed by atoms with Gasteiger partial charge in [0.1, 0.15) is 12.4 Å². The van der Waals surface area contributed by atoms with Crippen molar-refractivity contribution in [2.75, 3.05) is 25.0 Å². The van der Waals surface area contributed by atoms with Gasteiger partial charge >= 0.3 is 12.1 Å². The number of carboxylic acid groups (broad SMARTS) is 1. The lowest BCUT2D eigenvalue weighted by Crippen LogP contribution is -2.60. The number of ether oxygens (including phenoxy) is 1. The van der Waals surface area contributed by atoms with Gasteiger partial charge in [0.15, 0.2) is 5.69 Å². The lowest BCUT2D eigenvalue weighted by atomic mass is 9.52. The molecule has 0 radical (unpaired) electrons. The summed E-state index contributed by atoms with van der Waals surface area (Å²) in [6, 6.07) is 2.31. The number of alkyl halides is 5. The first-order valence-electron chi connectivity index (χ1n) is 10.9. The zero-order valence-corrected chi connectivity index (χ0v) is 20.2. The molecule has 190 valence electrons. The van der Waals surface area contributed by atoms with Crippen LogP contribution in [0.1, 0.15) is 46.6 Å². The Labute approximate surface area is 206 Å². The minimum Gasteiger partial charge on any atom is -0.487 e. The third-order valence-electron chi connectivity index (χ3n) is 6.83. The van der Waals surface area contributed by atoms with Crippen LogP contribution in [-0.4, -0.2) is 52.5 Å². The highest BCUT2D eigenvalue weighted by molar-refractivity contribution is 7.97. The fourth-order valence-corrected chi connectivity index (χ4v) is 6.94. The lowest BCUT2D eigenvalue weighted by molar-refractivity contribution is -0.195. The first kappa shape index (κ1) is 24.6. The van der Waals surface area contributed by atoms with Gasteiger partial charge in [0.2, 0.25) is 5.92 Å². The van der Waals surface area contributed by atoms with Gasteiger partial charge in [-0.1, -0.05) is 0 Å². The van der Waals surface area contributed by atoms with Crippen LogP contribution >= 0.6 is 23.3 Å². The van der Waals surface area contributed by atoms with E-state index in [0.29, 0.717) is 36.5 Å². The van der Waals surface area contributed by atoms with Crippen LogP contribution in [-0.2, 0) is 12.8 Å². The predicted molar refractivity (Wildman–Crippen MR) is 120 cm³/mol. The summed E-state index contributed by atoms with van der Waals surface area (Å²) in [5.41, 5.74) is 0.104. The van der Waals surface area contributed by atoms with Crippen molar-refractivity contribution >= 4 is 34.9 Å². The molecule has 3 aliphatic rings. The van der Waals surface area contributed by atoms with Gasteiger partial charge in [-0.05, 0) is 49.4 Å². The van der Waals surface area contributed by atoms with Crippen LogP contribution in [0.4, 0.5) is 27.6 Å². The van der Waals surface area contributed by atoms with Crippen LogP contribution in [0.15, 0.2) is 22.5 Å². The molecule has 2 fully saturated rings. The summed E-state index contributed by atoms with van der Waals surface area (Å²) in [6.45, 7) is 0.700. The molecule has 0 atom stereocenters. The van der Waals surface area contributed by atoms with Crippen LogP contribution in [0.2, 0.25) is 0 Å². The maximum atomic E-state index is 14.1. The van der Waals surface area contributed by atoms with E-state index in [1.165, 1.54) is 23.5 Å². The highest BCUT2D eigenvalue weighted by Gasteiger charge is 2.62. The van der Waals surface area contributed by atoms with Crippen molar-refractivity contribution in [3.63, 3.8) is 0 Å². The number of thiazole rings is 1. The van der Waals surface area contributed by atoms with Crippen molar-refractivity contribution in [3.05, 3.63) is 33.8 Å². The van der Waals surface area contributed by atoms with Gasteiger partial charge in [-0.25, -0.2) is 22.9 Å². The van der Waals surface area contributed by atoms with E-state index >= 15 is 0 Å². The second-order valence-corrected chi connectivity index (χ2v) is 11.6. The van der Waals surface area contributed by atoms with E-state index < -0.39 is 34.8 Å². The van der Waals surface area contributed by atoms with Gasteiger partial charge < -0.3 is 14.7 Å². The minimum absolute atomic E-state index is 0.0971. The number of hydrogen-bond donors (Lipinski definition) is 1. The first-order chi connectivity index (χ1) is 16.4. The van der Waals surface area contributed by atoms with E-state index in [-0.39, 0.29) is 36.1 Å². The van der Waals surface area contributed by atoms with Crippen molar-refractivity contribution < 1.29 is 36.6 Å². The Balaban J connectivity index is 1.44. The molecule has 0 saturated heterocycles. The van der Waals surface area contributed by atoms with E-state index in [1.54, 1.807) is 0 Å². The van der Waals surface area contributed by atoms with E-state index in [0.717, 1.165) is 17.4 Å². The number of nitrogens with zero attached hydrogens (tertiary/aromatic N) is 3. The number of aromatic nitrogens is 1. The zero-order valence-electron chi connectivity index (χ0n) is 18.6. The second-order valence-electron chi connectivity index (χ2n) is 9.44. The third kappa shape index (κ3) is 4.69. The minimum atomic E-state index is -4.71. The highest BCUT2D eigenvalue weighted by Crippen LogP contribution is 2.64. The topological polar surface area (TPSA) is 65.9 Å². The molecule has 2 saturated carbocycles. The molecular weight excluding hydrogens is 513 g/mol. The molecule has 1 N–H and O–H groups in total. The van der Waals surface area contributed by atoms with Gasteiger partial charge in [0, 0.05) is 32.0 Å². The molecule has 35 heavy (non-hydrogen) atoms. The third-order valence-corrected chi connectivity index (χ3v) is 8.66. The summed E-state index contributed by atoms with van der Waals surface area (Å²) in [5.74, 6) is -4.31. The molecule has 13 heteroatoms. The van der Waals surface area contributed by atoms with E-state index in [4.69, 9.17) is 4.74 Å². The number of carbonyl (C=O) groups is 1. The Morgan fingerprint density at radius 2 is 1.97 bits per heavy atom. The maximum Gasteiger partial charge on any atom is 0.420 e. The largest absolute Gasteiger partial charge is 0.487 e. The molecule has 0 bridgehead atoms. The highest BCUT2D eigenvalue weighted by atomic mass is 32.2. The second kappa shape index (κ2) is 8.48. The molecule has 2 aromatic rings. The number of likely N-dealkylation sites (N-methyl/N-ethyl adjacent to an activating group) is 1. The summed E-state index contributed by atoms with van der Waals surface area (Å²) in [6.07, 6.45) is -3.93. The first-order valence-corrected chi connectivity index (χ1v) is 12.6. The molecule has 1 aliphatic heterocycles. The van der Waals surface area contributed by atoms with Crippen LogP contribution in [0.5, 0.6) is 5.75 Å². The van der Waals surface area contributed by atoms with Gasteiger partial charge in [-0.2, -0.15) is 13.2 Å². The molecule has 6 nitrogen and oxygen atoms in total. The normalized spacial score (nSPS) is 21.7. The number of carboxylic acids is 1. The van der Waals surface area contributed by atoms with Gasteiger partial charge in [0.05, 0.1) is 26.5 Å². The molecule has 5 rings (SSSR count). The molecular formula is C22H22F5N3O3S2. The lowest BCUT2D eigenvalue weighted by Gasteiger charge is -2.60. The number of hydrogen-bond acceptors (Lipinski definition) is 7. The average molecular weight is 536 g/mol. The zero-order chi connectivity index (χ0) is 25.2. The number of aromatic carboxylic acids is 1. The quantitative estimate of drug-likeness (QED) is 0.385. The average Bonchev–Trinajstić information content (AvgIpc) is 3.11. The van der Waals surface area contributed by atoms with Gasteiger partial charge in [-0.15, -0.1) is 11.3 Å². The number of halogens is 5. The Morgan fingerprint density at radius 1 is 1.26 bits per heavy atom. The monoisotopic (exact) mass is 535 g/mol. The van der Waals surface area contributed by atoms with Gasteiger partial charge in [-0.3, -0.25) is 0 Å². The predicted octanol–water partition coefficient (Wildman–Crippen LogP) is 5.78. The molecule has 2 heterocycles. The van der Waals surface area contributed by atoms with E-state index in [2.05, 4.69) is 4.98 Å². The molecule has 1 spiro atoms. The molecule has 0 unspecified atom stereocenters. The number of benzene rings is 1. The molecule has 2 aliphatic carbocycles. The number of rotatable bonds is 5.